The number of halogens is 2. The quantitative estimate of drug-likeness (QED) is 0.842. The Morgan fingerprint density at radius 2 is 1.76 bits per heavy atom. The third-order valence-electron chi connectivity index (χ3n) is 3.25. The maximum Gasteiger partial charge on any atom is 0.335 e. The summed E-state index contributed by atoms with van der Waals surface area (Å²) in [6.07, 6.45) is 0. The van der Waals surface area contributed by atoms with Crippen molar-refractivity contribution in [3.8, 4) is 0 Å². The molecule has 0 radical (unpaired) electrons. The van der Waals surface area contributed by atoms with Crippen molar-refractivity contribution < 1.29 is 9.53 Å². The fourth-order valence-electron chi connectivity index (χ4n) is 2.13. The molecule has 1 N–H and O–H groups in total. The Kier molecular flexibility index (Phi) is 4.76. The number of benzene rings is 2. The standard InChI is InChI=1S/C16H15Cl2NO2/c1-16(15(20)21-2,19-11-7-4-3-5-8-11)12-9-6-10-13(17)14(12)18/h3-10,19H,1-2H3. The molecule has 0 aliphatic carbocycles. The zero-order valence-corrected chi connectivity index (χ0v) is 13.2. The minimum atomic E-state index is -1.14. The molecule has 1 unspecified atom stereocenters. The van der Waals surface area contributed by atoms with Crippen LogP contribution in [0.5, 0.6) is 0 Å². The van der Waals surface area contributed by atoms with Gasteiger partial charge in [-0.05, 0) is 25.1 Å². The molecule has 0 spiro atoms. The van der Waals surface area contributed by atoms with Crippen molar-refractivity contribution in [3.63, 3.8) is 0 Å². The Hall–Kier alpha value is -1.71. The summed E-state index contributed by atoms with van der Waals surface area (Å²) in [5.41, 5.74) is 0.201. The SMILES string of the molecule is COC(=O)C(C)(Nc1ccccc1)c1cccc(Cl)c1Cl. The summed E-state index contributed by atoms with van der Waals surface area (Å²) in [4.78, 5) is 12.3. The maximum atomic E-state index is 12.3. The van der Waals surface area contributed by atoms with Crippen LogP contribution in [0.4, 0.5) is 5.69 Å². The highest BCUT2D eigenvalue weighted by molar-refractivity contribution is 6.42. The molecule has 0 aliphatic heterocycles. The first kappa shape index (κ1) is 15.7. The number of methoxy groups -OCH3 is 1. The number of hydrogen-bond acceptors (Lipinski definition) is 3. The molecule has 5 heteroatoms. The van der Waals surface area contributed by atoms with Crippen LogP contribution in [-0.2, 0) is 15.1 Å². The van der Waals surface area contributed by atoms with E-state index >= 15 is 0 Å². The zero-order valence-electron chi connectivity index (χ0n) is 11.7. The van der Waals surface area contributed by atoms with Gasteiger partial charge in [-0.15, -0.1) is 0 Å². The molecule has 2 aromatic carbocycles. The predicted octanol–water partition coefficient (Wildman–Crippen LogP) is 4.49. The second kappa shape index (κ2) is 6.37. The lowest BCUT2D eigenvalue weighted by molar-refractivity contribution is -0.145. The lowest BCUT2D eigenvalue weighted by atomic mass is 9.91. The molecule has 0 saturated heterocycles. The van der Waals surface area contributed by atoms with Crippen LogP contribution in [-0.4, -0.2) is 13.1 Å². The van der Waals surface area contributed by atoms with Crippen molar-refractivity contribution >= 4 is 34.9 Å². The van der Waals surface area contributed by atoms with Crippen LogP contribution in [0.15, 0.2) is 48.5 Å². The molecule has 2 aromatic rings. The topological polar surface area (TPSA) is 38.3 Å². The van der Waals surface area contributed by atoms with E-state index in [9.17, 15) is 4.79 Å². The smallest absolute Gasteiger partial charge is 0.335 e. The van der Waals surface area contributed by atoms with Crippen molar-refractivity contribution in [2.45, 2.75) is 12.5 Å². The molecule has 2 rings (SSSR count). The lowest BCUT2D eigenvalue weighted by Crippen LogP contribution is -2.41. The summed E-state index contributed by atoms with van der Waals surface area (Å²) in [5, 5.41) is 3.89. The zero-order chi connectivity index (χ0) is 15.5. The normalized spacial score (nSPS) is 13.3. The molecule has 3 nitrogen and oxygen atoms in total. The average molecular weight is 324 g/mol. The monoisotopic (exact) mass is 323 g/mol. The molecule has 0 heterocycles. The summed E-state index contributed by atoms with van der Waals surface area (Å²) >= 11 is 12.3. The number of carbonyl (C=O) groups is 1. The number of rotatable bonds is 4. The molecular weight excluding hydrogens is 309 g/mol. The van der Waals surface area contributed by atoms with Crippen LogP contribution in [0.25, 0.3) is 0 Å². The summed E-state index contributed by atoms with van der Waals surface area (Å²) in [5.74, 6) is -0.449. The van der Waals surface area contributed by atoms with Gasteiger partial charge in [-0.25, -0.2) is 4.79 Å². The molecule has 0 amide bonds. The molecule has 0 aromatic heterocycles. The molecule has 1 atom stereocenters. The van der Waals surface area contributed by atoms with E-state index < -0.39 is 11.5 Å². The van der Waals surface area contributed by atoms with Crippen molar-refractivity contribution in [1.29, 1.82) is 0 Å². The van der Waals surface area contributed by atoms with E-state index in [1.165, 1.54) is 7.11 Å². The highest BCUT2D eigenvalue weighted by atomic mass is 35.5. The Balaban J connectivity index is 2.52. The van der Waals surface area contributed by atoms with Crippen molar-refractivity contribution in [2.24, 2.45) is 0 Å². The first-order valence-corrected chi connectivity index (χ1v) is 7.11. The molecular formula is C16H15Cl2NO2. The van der Waals surface area contributed by atoms with Crippen LogP contribution in [0.3, 0.4) is 0 Å². The molecule has 21 heavy (non-hydrogen) atoms. The molecule has 0 saturated carbocycles. The number of nitrogens with one attached hydrogen (secondary N) is 1. The van der Waals surface area contributed by atoms with Gasteiger partial charge in [0.2, 0.25) is 0 Å². The summed E-state index contributed by atoms with van der Waals surface area (Å²) in [7, 11) is 1.34. The predicted molar refractivity (Wildman–Crippen MR) is 85.9 cm³/mol. The Morgan fingerprint density at radius 1 is 1.10 bits per heavy atom. The van der Waals surface area contributed by atoms with Crippen LogP contribution in [0.2, 0.25) is 10.0 Å². The van der Waals surface area contributed by atoms with Gasteiger partial charge in [0.15, 0.2) is 5.54 Å². The average Bonchev–Trinajstić information content (AvgIpc) is 2.50. The molecule has 0 aliphatic rings. The van der Waals surface area contributed by atoms with Crippen LogP contribution in [0, 0.1) is 0 Å². The lowest BCUT2D eigenvalue weighted by Gasteiger charge is -2.30. The molecule has 0 fully saturated rings. The van der Waals surface area contributed by atoms with Gasteiger partial charge in [-0.2, -0.15) is 0 Å². The van der Waals surface area contributed by atoms with Crippen LogP contribution < -0.4 is 5.32 Å². The Morgan fingerprint density at radius 3 is 2.38 bits per heavy atom. The van der Waals surface area contributed by atoms with Gasteiger partial charge < -0.3 is 10.1 Å². The summed E-state index contributed by atoms with van der Waals surface area (Å²) in [6.45, 7) is 1.71. The number of carbonyl (C=O) groups excluding carboxylic acids is 1. The van der Waals surface area contributed by atoms with Gasteiger partial charge in [0.1, 0.15) is 0 Å². The highest BCUT2D eigenvalue weighted by Gasteiger charge is 2.38. The second-order valence-corrected chi connectivity index (χ2v) is 5.49. The highest BCUT2D eigenvalue weighted by Crippen LogP contribution is 2.36. The maximum absolute atomic E-state index is 12.3. The van der Waals surface area contributed by atoms with Crippen LogP contribution in [0.1, 0.15) is 12.5 Å². The minimum absolute atomic E-state index is 0.329. The number of ether oxygens (including phenoxy) is 1. The Bertz CT molecular complexity index is 646. The van der Waals surface area contributed by atoms with Crippen molar-refractivity contribution in [1.82, 2.24) is 0 Å². The van der Waals surface area contributed by atoms with E-state index in [0.29, 0.717) is 15.6 Å². The van der Waals surface area contributed by atoms with Crippen molar-refractivity contribution in [3.05, 3.63) is 64.1 Å². The minimum Gasteiger partial charge on any atom is -0.467 e. The first-order chi connectivity index (χ1) is 9.99. The van der Waals surface area contributed by atoms with E-state index in [1.807, 2.05) is 30.3 Å². The molecule has 0 bridgehead atoms. The largest absolute Gasteiger partial charge is 0.467 e. The second-order valence-electron chi connectivity index (χ2n) is 4.71. The third-order valence-corrected chi connectivity index (χ3v) is 4.07. The van der Waals surface area contributed by atoms with E-state index in [-0.39, 0.29) is 0 Å². The summed E-state index contributed by atoms with van der Waals surface area (Å²) < 4.78 is 4.93. The number of hydrogen-bond donors (Lipinski definition) is 1. The van der Waals surface area contributed by atoms with E-state index in [4.69, 9.17) is 27.9 Å². The van der Waals surface area contributed by atoms with Crippen molar-refractivity contribution in [2.75, 3.05) is 12.4 Å². The third kappa shape index (κ3) is 3.14. The fraction of sp³-hybridized carbons (Fsp3) is 0.188. The summed E-state index contributed by atoms with van der Waals surface area (Å²) in [6, 6.07) is 14.5. The number of esters is 1. The van der Waals surface area contributed by atoms with Gasteiger partial charge in [0, 0.05) is 11.3 Å². The number of para-hydroxylation sites is 1. The van der Waals surface area contributed by atoms with Gasteiger partial charge in [0.05, 0.1) is 17.2 Å². The van der Waals surface area contributed by atoms with E-state index in [0.717, 1.165) is 5.69 Å². The van der Waals surface area contributed by atoms with Gasteiger partial charge in [0.25, 0.3) is 0 Å². The van der Waals surface area contributed by atoms with Crippen LogP contribution >= 0.6 is 23.2 Å². The first-order valence-electron chi connectivity index (χ1n) is 6.35. The van der Waals surface area contributed by atoms with Gasteiger partial charge in [-0.3, -0.25) is 0 Å². The Labute approximate surface area is 133 Å². The van der Waals surface area contributed by atoms with Gasteiger partial charge >= 0.3 is 5.97 Å². The fourth-order valence-corrected chi connectivity index (χ4v) is 2.62. The molecule has 110 valence electrons. The van der Waals surface area contributed by atoms with E-state index in [1.54, 1.807) is 25.1 Å². The number of anilines is 1. The van der Waals surface area contributed by atoms with E-state index in [2.05, 4.69) is 5.32 Å². The van der Waals surface area contributed by atoms with Gasteiger partial charge in [-0.1, -0.05) is 53.5 Å².